The van der Waals surface area contributed by atoms with Crippen LogP contribution >= 0.6 is 0 Å². The van der Waals surface area contributed by atoms with E-state index in [1.165, 1.54) is 0 Å². The van der Waals surface area contributed by atoms with Crippen LogP contribution in [0.2, 0.25) is 0 Å². The van der Waals surface area contributed by atoms with E-state index >= 15 is 0 Å². The second kappa shape index (κ2) is 5.62. The molecule has 0 unspecified atom stereocenters. The van der Waals surface area contributed by atoms with Crippen LogP contribution in [0.3, 0.4) is 0 Å². The number of nitrogen functional groups attached to an aromatic ring is 1. The van der Waals surface area contributed by atoms with Gasteiger partial charge in [-0.3, -0.25) is 5.10 Å². The number of hydrogen-bond donors (Lipinski definition) is 2. The van der Waals surface area contributed by atoms with Crippen molar-refractivity contribution < 1.29 is 14.2 Å². The van der Waals surface area contributed by atoms with Crippen LogP contribution in [0.25, 0.3) is 11.1 Å². The summed E-state index contributed by atoms with van der Waals surface area (Å²) < 4.78 is 15.9. The summed E-state index contributed by atoms with van der Waals surface area (Å²) in [7, 11) is 4.83. The molecule has 0 spiro atoms. The van der Waals surface area contributed by atoms with Gasteiger partial charge in [-0.2, -0.15) is 5.10 Å². The zero-order valence-corrected chi connectivity index (χ0v) is 11.2. The van der Waals surface area contributed by atoms with E-state index in [0.29, 0.717) is 23.9 Å². The zero-order chi connectivity index (χ0) is 13.8. The monoisotopic (exact) mass is 263 g/mol. The molecule has 102 valence electrons. The zero-order valence-electron chi connectivity index (χ0n) is 11.2. The Hall–Kier alpha value is -2.21. The average molecular weight is 263 g/mol. The summed E-state index contributed by atoms with van der Waals surface area (Å²) in [6.07, 6.45) is 1.66. The number of nitrogens with zero attached hydrogens (tertiary/aromatic N) is 1. The summed E-state index contributed by atoms with van der Waals surface area (Å²) in [5.41, 5.74) is 8.43. The Bertz CT molecular complexity index is 566. The first-order chi connectivity index (χ1) is 9.21. The number of nitrogens with two attached hydrogens (primary N) is 1. The standard InChI is InChI=1S/C13H17N3O3/c1-17-7-8-4-9(10-6-15-16-13(10)14)12(19-3)11(5-8)18-2/h4-6H,7H2,1-3H3,(H3,14,15,16). The minimum absolute atomic E-state index is 0.477. The van der Waals surface area contributed by atoms with Gasteiger partial charge in [0.2, 0.25) is 0 Å². The van der Waals surface area contributed by atoms with Gasteiger partial charge in [0.05, 0.1) is 27.0 Å². The van der Waals surface area contributed by atoms with Crippen molar-refractivity contribution in [3.63, 3.8) is 0 Å². The molecule has 0 amide bonds. The van der Waals surface area contributed by atoms with Crippen LogP contribution in [-0.4, -0.2) is 31.5 Å². The topological polar surface area (TPSA) is 82.4 Å². The molecule has 1 heterocycles. The second-order valence-electron chi connectivity index (χ2n) is 4.01. The lowest BCUT2D eigenvalue weighted by Crippen LogP contribution is -1.98. The van der Waals surface area contributed by atoms with Crippen LogP contribution < -0.4 is 15.2 Å². The fourth-order valence-electron chi connectivity index (χ4n) is 1.98. The highest BCUT2D eigenvalue weighted by Gasteiger charge is 2.17. The summed E-state index contributed by atoms with van der Waals surface area (Å²) in [5.74, 6) is 1.73. The van der Waals surface area contributed by atoms with Crippen LogP contribution in [0.15, 0.2) is 18.3 Å². The minimum Gasteiger partial charge on any atom is -0.493 e. The number of methoxy groups -OCH3 is 3. The summed E-state index contributed by atoms with van der Waals surface area (Å²) in [5, 5.41) is 6.63. The molecule has 0 bridgehead atoms. The van der Waals surface area contributed by atoms with Crippen LogP contribution in [0.5, 0.6) is 11.5 Å². The van der Waals surface area contributed by atoms with E-state index in [-0.39, 0.29) is 0 Å². The number of anilines is 1. The Morgan fingerprint density at radius 3 is 2.47 bits per heavy atom. The third kappa shape index (κ3) is 2.48. The predicted molar refractivity (Wildman–Crippen MR) is 72.3 cm³/mol. The highest BCUT2D eigenvalue weighted by atomic mass is 16.5. The summed E-state index contributed by atoms with van der Waals surface area (Å²) in [6.45, 7) is 0.477. The molecule has 3 N–H and O–H groups in total. The third-order valence-corrected chi connectivity index (χ3v) is 2.81. The molecular formula is C13H17N3O3. The lowest BCUT2D eigenvalue weighted by Gasteiger charge is -2.14. The van der Waals surface area contributed by atoms with Gasteiger partial charge in [-0.15, -0.1) is 0 Å². The number of rotatable bonds is 5. The Morgan fingerprint density at radius 1 is 1.16 bits per heavy atom. The number of nitrogens with one attached hydrogen (secondary N) is 1. The van der Waals surface area contributed by atoms with Crippen LogP contribution in [0, 0.1) is 0 Å². The maximum atomic E-state index is 5.87. The third-order valence-electron chi connectivity index (χ3n) is 2.81. The van der Waals surface area contributed by atoms with Crippen molar-refractivity contribution in [2.24, 2.45) is 0 Å². The van der Waals surface area contributed by atoms with Crippen molar-refractivity contribution >= 4 is 5.82 Å². The fourth-order valence-corrected chi connectivity index (χ4v) is 1.98. The van der Waals surface area contributed by atoms with E-state index in [0.717, 1.165) is 16.7 Å². The molecule has 2 rings (SSSR count). The van der Waals surface area contributed by atoms with E-state index in [4.69, 9.17) is 19.9 Å². The highest BCUT2D eigenvalue weighted by molar-refractivity contribution is 5.80. The Kier molecular flexibility index (Phi) is 3.91. The van der Waals surface area contributed by atoms with Gasteiger partial charge in [0.1, 0.15) is 5.82 Å². The first-order valence-corrected chi connectivity index (χ1v) is 5.74. The van der Waals surface area contributed by atoms with E-state index in [1.807, 2.05) is 12.1 Å². The smallest absolute Gasteiger partial charge is 0.168 e. The maximum Gasteiger partial charge on any atom is 0.168 e. The molecule has 19 heavy (non-hydrogen) atoms. The Balaban J connectivity index is 2.62. The maximum absolute atomic E-state index is 5.87. The SMILES string of the molecule is COCc1cc(OC)c(OC)c(-c2cn[nH]c2N)c1. The second-order valence-corrected chi connectivity index (χ2v) is 4.01. The number of hydrogen-bond acceptors (Lipinski definition) is 5. The normalized spacial score (nSPS) is 10.5. The molecule has 2 aromatic rings. The average Bonchev–Trinajstić information content (AvgIpc) is 2.84. The van der Waals surface area contributed by atoms with Crippen molar-refractivity contribution in [2.75, 3.05) is 27.1 Å². The first kappa shape index (κ1) is 13.2. The molecule has 0 radical (unpaired) electrons. The minimum atomic E-state index is 0.477. The van der Waals surface area contributed by atoms with Crippen molar-refractivity contribution in [1.29, 1.82) is 0 Å². The molecule has 0 saturated carbocycles. The van der Waals surface area contributed by atoms with Crippen molar-refractivity contribution in [2.45, 2.75) is 6.61 Å². The van der Waals surface area contributed by atoms with Gasteiger partial charge in [-0.25, -0.2) is 0 Å². The van der Waals surface area contributed by atoms with Crippen molar-refractivity contribution in [3.8, 4) is 22.6 Å². The van der Waals surface area contributed by atoms with Gasteiger partial charge in [0, 0.05) is 18.2 Å². The lowest BCUT2D eigenvalue weighted by atomic mass is 10.0. The molecule has 6 heteroatoms. The summed E-state index contributed by atoms with van der Waals surface area (Å²) in [4.78, 5) is 0. The van der Waals surface area contributed by atoms with Crippen molar-refractivity contribution in [1.82, 2.24) is 10.2 Å². The predicted octanol–water partition coefficient (Wildman–Crippen LogP) is 1.82. The molecule has 0 saturated heterocycles. The van der Waals surface area contributed by atoms with E-state index in [1.54, 1.807) is 27.5 Å². The molecule has 0 fully saturated rings. The fraction of sp³-hybridized carbons (Fsp3) is 0.308. The number of ether oxygens (including phenoxy) is 3. The van der Waals surface area contributed by atoms with E-state index < -0.39 is 0 Å². The van der Waals surface area contributed by atoms with Gasteiger partial charge in [-0.05, 0) is 17.7 Å². The molecule has 6 nitrogen and oxygen atoms in total. The van der Waals surface area contributed by atoms with E-state index in [9.17, 15) is 0 Å². The molecule has 1 aromatic heterocycles. The highest BCUT2D eigenvalue weighted by Crippen LogP contribution is 2.40. The van der Waals surface area contributed by atoms with Crippen molar-refractivity contribution in [3.05, 3.63) is 23.9 Å². The van der Waals surface area contributed by atoms with Crippen LogP contribution in [0.4, 0.5) is 5.82 Å². The van der Waals surface area contributed by atoms with E-state index in [2.05, 4.69) is 10.2 Å². The number of aromatic nitrogens is 2. The van der Waals surface area contributed by atoms with Gasteiger partial charge in [0.25, 0.3) is 0 Å². The number of H-pyrrole nitrogens is 1. The molecule has 0 aliphatic rings. The van der Waals surface area contributed by atoms with Gasteiger partial charge in [0.15, 0.2) is 11.5 Å². The Labute approximate surface area is 111 Å². The van der Waals surface area contributed by atoms with Gasteiger partial charge in [-0.1, -0.05) is 0 Å². The van der Waals surface area contributed by atoms with Gasteiger partial charge < -0.3 is 19.9 Å². The quantitative estimate of drug-likeness (QED) is 0.859. The number of benzene rings is 1. The summed E-state index contributed by atoms with van der Waals surface area (Å²) >= 11 is 0. The van der Waals surface area contributed by atoms with Crippen LogP contribution in [-0.2, 0) is 11.3 Å². The molecular weight excluding hydrogens is 246 g/mol. The summed E-state index contributed by atoms with van der Waals surface area (Å²) in [6, 6.07) is 3.83. The van der Waals surface area contributed by atoms with Gasteiger partial charge >= 0.3 is 0 Å². The molecule has 0 atom stereocenters. The lowest BCUT2D eigenvalue weighted by molar-refractivity contribution is 0.184. The largest absolute Gasteiger partial charge is 0.493 e. The number of aromatic amines is 1. The first-order valence-electron chi connectivity index (χ1n) is 5.74. The Morgan fingerprint density at radius 2 is 1.95 bits per heavy atom. The molecule has 0 aliphatic carbocycles. The molecule has 0 aliphatic heterocycles. The van der Waals surface area contributed by atoms with Crippen LogP contribution in [0.1, 0.15) is 5.56 Å². The molecule has 1 aromatic carbocycles.